The van der Waals surface area contributed by atoms with Gasteiger partial charge in [0.1, 0.15) is 5.82 Å². The summed E-state index contributed by atoms with van der Waals surface area (Å²) in [7, 11) is 0. The second-order valence-corrected chi connectivity index (χ2v) is 7.86. The van der Waals surface area contributed by atoms with Crippen molar-refractivity contribution in [3.05, 3.63) is 41.3 Å². The van der Waals surface area contributed by atoms with E-state index in [0.29, 0.717) is 50.6 Å². The quantitative estimate of drug-likeness (QED) is 0.245. The molecule has 1 fully saturated rings. The molecule has 4 N–H and O–H groups in total. The second kappa shape index (κ2) is 10.2. The van der Waals surface area contributed by atoms with E-state index in [0.717, 1.165) is 12.1 Å². The highest BCUT2D eigenvalue weighted by Crippen LogP contribution is 2.34. The zero-order valence-electron chi connectivity index (χ0n) is 18.5. The molecule has 2 aromatic rings. The van der Waals surface area contributed by atoms with Gasteiger partial charge in [-0.25, -0.2) is 14.1 Å². The molecule has 1 aromatic carbocycles. The Morgan fingerprint density at radius 1 is 1.29 bits per heavy atom. The van der Waals surface area contributed by atoms with E-state index < -0.39 is 23.7 Å². The lowest BCUT2D eigenvalue weighted by atomic mass is 10.1. The summed E-state index contributed by atoms with van der Waals surface area (Å²) in [4.78, 5) is 8.06. The summed E-state index contributed by atoms with van der Waals surface area (Å²) in [6, 6.07) is 3.08. The van der Waals surface area contributed by atoms with Gasteiger partial charge < -0.3 is 21.1 Å². The molecular formula is C22H25F4N7O. The van der Waals surface area contributed by atoms with Crippen LogP contribution in [0.2, 0.25) is 0 Å². The average molecular weight is 479 g/mol. The largest absolute Gasteiger partial charge is 0.418 e. The highest BCUT2D eigenvalue weighted by atomic mass is 19.4. The summed E-state index contributed by atoms with van der Waals surface area (Å²) in [6.45, 7) is 4.80. The molecule has 1 saturated heterocycles. The van der Waals surface area contributed by atoms with Crippen molar-refractivity contribution >= 4 is 23.1 Å². The molecule has 8 nitrogen and oxygen atoms in total. The summed E-state index contributed by atoms with van der Waals surface area (Å²) >= 11 is 0. The number of anilines is 1. The van der Waals surface area contributed by atoms with Crippen LogP contribution in [0, 0.1) is 23.6 Å². The molecule has 3 rings (SSSR count). The Hall–Kier alpha value is -3.43. The summed E-state index contributed by atoms with van der Waals surface area (Å²) in [5.74, 6) is 1.82. The van der Waals surface area contributed by atoms with Crippen molar-refractivity contribution in [3.63, 3.8) is 0 Å². The Bertz CT molecular complexity index is 1110. The molecule has 0 spiro atoms. The number of nitrogens with two attached hydrogens (primary N) is 1. The average Bonchev–Trinajstić information content (AvgIpc) is 3.19. The van der Waals surface area contributed by atoms with Crippen LogP contribution in [0.1, 0.15) is 24.2 Å². The maximum Gasteiger partial charge on any atom is 0.418 e. The van der Waals surface area contributed by atoms with Crippen LogP contribution in [-0.2, 0) is 6.54 Å². The fourth-order valence-corrected chi connectivity index (χ4v) is 3.66. The van der Waals surface area contributed by atoms with Crippen LogP contribution in [0.3, 0.4) is 0 Å². The van der Waals surface area contributed by atoms with Gasteiger partial charge in [-0.1, -0.05) is 6.07 Å². The van der Waals surface area contributed by atoms with Gasteiger partial charge in [0.2, 0.25) is 0 Å². The Kier molecular flexibility index (Phi) is 7.58. The normalized spacial score (nSPS) is 16.4. The molecule has 0 saturated carbocycles. The number of hydrogen-bond acceptors (Lipinski definition) is 6. The first-order valence-electron chi connectivity index (χ1n) is 10.4. The third-order valence-corrected chi connectivity index (χ3v) is 5.53. The van der Waals surface area contributed by atoms with Crippen LogP contribution >= 0.6 is 0 Å². The zero-order valence-corrected chi connectivity index (χ0v) is 18.5. The Labute approximate surface area is 194 Å². The predicted octanol–water partition coefficient (Wildman–Crippen LogP) is 2.45. The van der Waals surface area contributed by atoms with E-state index in [4.69, 9.17) is 17.6 Å². The standard InChI is InChI=1S/C22H25F4N7O/c1-3-19(28)30-21-16(14(2)27)13-29-33(21)11-8-31-6-9-32(10-7-31)18-5-4-15(12-17(18)23)20(34)22(24,25)26/h1,4-5,12-13,20,27,34H,6-11H2,2H3,(H2,28,30). The molecule has 1 aliphatic heterocycles. The number of rotatable bonds is 7. The first kappa shape index (κ1) is 25.2. The molecule has 182 valence electrons. The maximum atomic E-state index is 14.5. The van der Waals surface area contributed by atoms with E-state index in [-0.39, 0.29) is 17.2 Å². The number of amidine groups is 1. The SMILES string of the molecule is C#C/C(N)=N\c1c(C(C)=N)cnn1CCN1CCN(c2ccc(C(O)C(F)(F)F)cc2F)CC1. The van der Waals surface area contributed by atoms with E-state index in [1.807, 2.05) is 0 Å². The third kappa shape index (κ3) is 5.73. The van der Waals surface area contributed by atoms with Crippen molar-refractivity contribution in [1.82, 2.24) is 14.7 Å². The highest BCUT2D eigenvalue weighted by molar-refractivity contribution is 6.03. The number of nitrogens with one attached hydrogen (secondary N) is 1. The van der Waals surface area contributed by atoms with Gasteiger partial charge in [-0.2, -0.15) is 18.3 Å². The summed E-state index contributed by atoms with van der Waals surface area (Å²) in [5, 5.41) is 21.5. The Morgan fingerprint density at radius 2 is 1.97 bits per heavy atom. The number of nitrogens with zero attached hydrogens (tertiary/aromatic N) is 5. The third-order valence-electron chi connectivity index (χ3n) is 5.53. The number of benzene rings is 1. The van der Waals surface area contributed by atoms with E-state index in [2.05, 4.69) is 20.9 Å². The van der Waals surface area contributed by atoms with Crippen LogP contribution in [0.25, 0.3) is 0 Å². The number of aliphatic hydroxyl groups excluding tert-OH is 1. The zero-order chi connectivity index (χ0) is 25.0. The van der Waals surface area contributed by atoms with Gasteiger partial charge in [-0.15, -0.1) is 6.42 Å². The molecule has 1 aromatic heterocycles. The minimum absolute atomic E-state index is 0.0198. The topological polar surface area (TPSA) is 107 Å². The van der Waals surface area contributed by atoms with Crippen molar-refractivity contribution in [2.75, 3.05) is 37.6 Å². The van der Waals surface area contributed by atoms with Crippen LogP contribution in [0.4, 0.5) is 29.1 Å². The molecule has 0 aliphatic carbocycles. The van der Waals surface area contributed by atoms with E-state index in [9.17, 15) is 22.7 Å². The Balaban J connectivity index is 1.62. The van der Waals surface area contributed by atoms with E-state index in [1.54, 1.807) is 16.5 Å². The Morgan fingerprint density at radius 3 is 2.53 bits per heavy atom. The second-order valence-electron chi connectivity index (χ2n) is 7.86. The van der Waals surface area contributed by atoms with Crippen molar-refractivity contribution in [2.24, 2.45) is 10.7 Å². The van der Waals surface area contributed by atoms with Gasteiger partial charge in [-0.05, 0) is 30.5 Å². The summed E-state index contributed by atoms with van der Waals surface area (Å²) in [6.07, 6.45) is -0.771. The molecule has 34 heavy (non-hydrogen) atoms. The fourth-order valence-electron chi connectivity index (χ4n) is 3.66. The minimum Gasteiger partial charge on any atom is -0.379 e. The lowest BCUT2D eigenvalue weighted by Gasteiger charge is -2.36. The lowest BCUT2D eigenvalue weighted by molar-refractivity contribution is -0.206. The van der Waals surface area contributed by atoms with Gasteiger partial charge in [0.05, 0.1) is 24.0 Å². The van der Waals surface area contributed by atoms with Crippen LogP contribution < -0.4 is 10.6 Å². The number of piperazine rings is 1. The number of hydrogen-bond donors (Lipinski definition) is 3. The minimum atomic E-state index is -4.86. The summed E-state index contributed by atoms with van der Waals surface area (Å²) < 4.78 is 54.2. The smallest absolute Gasteiger partial charge is 0.379 e. The van der Waals surface area contributed by atoms with Crippen LogP contribution in [0.15, 0.2) is 29.4 Å². The number of aromatic nitrogens is 2. The number of aliphatic imine (C=N–C) groups is 1. The molecule has 1 unspecified atom stereocenters. The number of aliphatic hydroxyl groups is 1. The first-order valence-corrected chi connectivity index (χ1v) is 10.4. The van der Waals surface area contributed by atoms with Crippen molar-refractivity contribution in [1.29, 1.82) is 5.41 Å². The lowest BCUT2D eigenvalue weighted by Crippen LogP contribution is -2.47. The number of halogens is 4. The van der Waals surface area contributed by atoms with Gasteiger partial charge in [0.25, 0.3) is 0 Å². The van der Waals surface area contributed by atoms with Crippen LogP contribution in [-0.4, -0.2) is 70.2 Å². The van der Waals surface area contributed by atoms with Gasteiger partial charge in [0, 0.05) is 38.4 Å². The fraction of sp³-hybridized carbons (Fsp3) is 0.409. The number of terminal acetylenes is 1. The molecule has 12 heteroatoms. The summed E-state index contributed by atoms with van der Waals surface area (Å²) in [5.41, 5.74) is 6.12. The van der Waals surface area contributed by atoms with E-state index in [1.165, 1.54) is 12.3 Å². The molecule has 1 atom stereocenters. The molecule has 0 bridgehead atoms. The monoisotopic (exact) mass is 479 g/mol. The van der Waals surface area contributed by atoms with Gasteiger partial charge in [-0.3, -0.25) is 4.90 Å². The first-order chi connectivity index (χ1) is 16.0. The molecule has 0 amide bonds. The van der Waals surface area contributed by atoms with Crippen LogP contribution in [0.5, 0.6) is 0 Å². The van der Waals surface area contributed by atoms with Gasteiger partial charge >= 0.3 is 6.18 Å². The van der Waals surface area contributed by atoms with E-state index >= 15 is 0 Å². The molecule has 0 radical (unpaired) electrons. The van der Waals surface area contributed by atoms with Crippen molar-refractivity contribution in [2.45, 2.75) is 25.7 Å². The number of alkyl halides is 3. The molecular weight excluding hydrogens is 454 g/mol. The molecule has 2 heterocycles. The highest BCUT2D eigenvalue weighted by Gasteiger charge is 2.39. The van der Waals surface area contributed by atoms with Gasteiger partial charge in [0.15, 0.2) is 17.8 Å². The van der Waals surface area contributed by atoms with Crippen molar-refractivity contribution < 1.29 is 22.7 Å². The van der Waals surface area contributed by atoms with Crippen molar-refractivity contribution in [3.8, 4) is 12.3 Å². The maximum absolute atomic E-state index is 14.5. The molecule has 1 aliphatic rings. The predicted molar refractivity (Wildman–Crippen MR) is 121 cm³/mol.